The summed E-state index contributed by atoms with van der Waals surface area (Å²) in [5.41, 5.74) is 0.826. The van der Waals surface area contributed by atoms with Crippen molar-refractivity contribution in [3.8, 4) is 11.4 Å². The fourth-order valence-electron chi connectivity index (χ4n) is 2.64. The molecular weight excluding hydrogens is 433 g/mol. The smallest absolute Gasteiger partial charge is 0.227 e. The lowest BCUT2D eigenvalue weighted by Crippen LogP contribution is -2.28. The second kappa shape index (κ2) is 6.43. The van der Waals surface area contributed by atoms with Crippen LogP contribution in [0, 0.1) is 5.41 Å². The summed E-state index contributed by atoms with van der Waals surface area (Å²) in [4.78, 5) is 10.6. The molecule has 2 N–H and O–H groups in total. The highest BCUT2D eigenvalue weighted by molar-refractivity contribution is 14.1. The zero-order chi connectivity index (χ0) is 17.4. The van der Waals surface area contributed by atoms with Crippen LogP contribution in [0.4, 0.5) is 11.6 Å². The number of halogens is 1. The van der Waals surface area contributed by atoms with E-state index in [1.54, 1.807) is 15.8 Å². The molecule has 0 spiro atoms. The SMILES string of the molecule is CNc1ccc(-c2nc3n(n2)C(=N)N(c2ccn(CCI)n2)C3)cn1. The summed E-state index contributed by atoms with van der Waals surface area (Å²) >= 11 is 2.32. The van der Waals surface area contributed by atoms with Gasteiger partial charge in [0.2, 0.25) is 5.96 Å². The van der Waals surface area contributed by atoms with Crippen molar-refractivity contribution in [2.24, 2.45) is 0 Å². The van der Waals surface area contributed by atoms with Gasteiger partial charge >= 0.3 is 0 Å². The molecule has 0 aliphatic carbocycles. The minimum atomic E-state index is 0.258. The van der Waals surface area contributed by atoms with Crippen molar-refractivity contribution in [2.45, 2.75) is 13.1 Å². The molecule has 10 heteroatoms. The Bertz CT molecular complexity index is 911. The Kier molecular flexibility index (Phi) is 4.11. The Balaban J connectivity index is 1.57. The maximum absolute atomic E-state index is 8.39. The monoisotopic (exact) mass is 449 g/mol. The maximum Gasteiger partial charge on any atom is 0.227 e. The fraction of sp³-hybridized carbons (Fsp3) is 0.267. The lowest BCUT2D eigenvalue weighted by molar-refractivity contribution is 0.670. The van der Waals surface area contributed by atoms with Gasteiger partial charge in [-0.15, -0.1) is 5.10 Å². The first-order valence-electron chi connectivity index (χ1n) is 7.75. The lowest BCUT2D eigenvalue weighted by Gasteiger charge is -2.13. The molecule has 3 aromatic rings. The largest absolute Gasteiger partial charge is 0.373 e. The summed E-state index contributed by atoms with van der Waals surface area (Å²) in [5, 5.41) is 20.3. The Morgan fingerprint density at radius 3 is 2.84 bits per heavy atom. The molecule has 0 amide bonds. The van der Waals surface area contributed by atoms with Gasteiger partial charge in [-0.05, 0) is 12.1 Å². The Morgan fingerprint density at radius 1 is 1.28 bits per heavy atom. The lowest BCUT2D eigenvalue weighted by atomic mass is 10.3. The van der Waals surface area contributed by atoms with Crippen LogP contribution in [-0.2, 0) is 13.1 Å². The first-order chi connectivity index (χ1) is 12.2. The van der Waals surface area contributed by atoms with Crippen molar-refractivity contribution in [1.29, 1.82) is 5.41 Å². The van der Waals surface area contributed by atoms with Crippen molar-refractivity contribution in [2.75, 3.05) is 21.7 Å². The van der Waals surface area contributed by atoms with E-state index in [9.17, 15) is 0 Å². The van der Waals surface area contributed by atoms with Crippen molar-refractivity contribution in [1.82, 2.24) is 29.5 Å². The van der Waals surface area contributed by atoms with Gasteiger partial charge in [0, 0.05) is 42.0 Å². The molecule has 1 aliphatic rings. The van der Waals surface area contributed by atoms with Gasteiger partial charge in [0.25, 0.3) is 0 Å². The van der Waals surface area contributed by atoms with Gasteiger partial charge in [0.1, 0.15) is 5.82 Å². The molecule has 0 fully saturated rings. The zero-order valence-electron chi connectivity index (χ0n) is 13.5. The van der Waals surface area contributed by atoms with E-state index < -0.39 is 0 Å². The molecule has 1 aliphatic heterocycles. The van der Waals surface area contributed by atoms with Crippen molar-refractivity contribution in [3.63, 3.8) is 0 Å². The second-order valence-corrected chi connectivity index (χ2v) is 6.56. The molecule has 128 valence electrons. The summed E-state index contributed by atoms with van der Waals surface area (Å²) < 4.78 is 4.42. The van der Waals surface area contributed by atoms with E-state index in [1.807, 2.05) is 36.1 Å². The van der Waals surface area contributed by atoms with Crippen LogP contribution in [0.3, 0.4) is 0 Å². The Morgan fingerprint density at radius 2 is 2.16 bits per heavy atom. The quantitative estimate of drug-likeness (QED) is 0.456. The van der Waals surface area contributed by atoms with Gasteiger partial charge < -0.3 is 5.32 Å². The Hall–Kier alpha value is -2.50. The number of anilines is 2. The number of hydrogen-bond donors (Lipinski definition) is 2. The van der Waals surface area contributed by atoms with Gasteiger partial charge in [-0.1, -0.05) is 22.6 Å². The van der Waals surface area contributed by atoms with Crippen LogP contribution in [0.2, 0.25) is 0 Å². The highest BCUT2D eigenvalue weighted by atomic mass is 127. The van der Waals surface area contributed by atoms with Crippen LogP contribution in [0.25, 0.3) is 11.4 Å². The van der Waals surface area contributed by atoms with Gasteiger partial charge in [-0.2, -0.15) is 9.78 Å². The first kappa shape index (κ1) is 16.0. The van der Waals surface area contributed by atoms with Crippen LogP contribution >= 0.6 is 22.6 Å². The molecule has 4 rings (SSSR count). The van der Waals surface area contributed by atoms with E-state index in [2.05, 4.69) is 48.1 Å². The number of nitrogens with zero attached hydrogens (tertiary/aromatic N) is 7. The topological polar surface area (TPSA) is 101 Å². The van der Waals surface area contributed by atoms with E-state index in [1.165, 1.54) is 0 Å². The van der Waals surface area contributed by atoms with E-state index in [4.69, 9.17) is 5.41 Å². The molecular formula is C15H16IN9. The number of hydrogen-bond acceptors (Lipinski definition) is 6. The third-order valence-corrected chi connectivity index (χ3v) is 4.41. The van der Waals surface area contributed by atoms with Crippen LogP contribution in [0.5, 0.6) is 0 Å². The molecule has 0 saturated heterocycles. The Labute approximate surface area is 157 Å². The molecule has 9 nitrogen and oxygen atoms in total. The molecule has 0 aromatic carbocycles. The second-order valence-electron chi connectivity index (χ2n) is 5.48. The predicted molar refractivity (Wildman–Crippen MR) is 103 cm³/mol. The predicted octanol–water partition coefficient (Wildman–Crippen LogP) is 1.82. The zero-order valence-corrected chi connectivity index (χ0v) is 15.7. The summed E-state index contributed by atoms with van der Waals surface area (Å²) in [6.07, 6.45) is 3.65. The number of aromatic nitrogens is 6. The molecule has 4 heterocycles. The number of rotatable bonds is 5. The number of aryl methyl sites for hydroxylation is 1. The highest BCUT2D eigenvalue weighted by Gasteiger charge is 2.30. The first-order valence-corrected chi connectivity index (χ1v) is 9.28. The van der Waals surface area contributed by atoms with E-state index >= 15 is 0 Å². The van der Waals surface area contributed by atoms with Gasteiger partial charge in [0.05, 0.1) is 6.54 Å². The molecule has 3 aromatic heterocycles. The van der Waals surface area contributed by atoms with E-state index in [-0.39, 0.29) is 5.96 Å². The summed E-state index contributed by atoms with van der Waals surface area (Å²) in [5.74, 6) is 3.08. The summed E-state index contributed by atoms with van der Waals surface area (Å²) in [7, 11) is 1.82. The van der Waals surface area contributed by atoms with Crippen molar-refractivity contribution < 1.29 is 0 Å². The average Bonchev–Trinajstić information content (AvgIpc) is 3.32. The fourth-order valence-corrected chi connectivity index (χ4v) is 3.13. The van der Waals surface area contributed by atoms with Crippen molar-refractivity contribution in [3.05, 3.63) is 36.4 Å². The molecule has 25 heavy (non-hydrogen) atoms. The maximum atomic E-state index is 8.39. The molecule has 0 unspecified atom stereocenters. The minimum absolute atomic E-state index is 0.258. The van der Waals surface area contributed by atoms with Gasteiger partial charge in [-0.3, -0.25) is 15.0 Å². The minimum Gasteiger partial charge on any atom is -0.373 e. The van der Waals surface area contributed by atoms with Crippen LogP contribution in [-0.4, -0.2) is 47.0 Å². The summed E-state index contributed by atoms with van der Waals surface area (Å²) in [6, 6.07) is 5.70. The number of fused-ring (bicyclic) bond motifs is 1. The highest BCUT2D eigenvalue weighted by Crippen LogP contribution is 2.24. The third kappa shape index (κ3) is 2.86. The standard InChI is InChI=1S/C15H16IN9/c1-18-11-3-2-10(8-19-11)14-20-13-9-24(15(17)25(13)22-14)12-4-6-23(21-12)7-5-16/h2-4,6,8,17H,5,7,9H2,1H3,(H,18,19). The van der Waals surface area contributed by atoms with Crippen LogP contribution in [0.1, 0.15) is 5.82 Å². The summed E-state index contributed by atoms with van der Waals surface area (Å²) in [6.45, 7) is 1.33. The van der Waals surface area contributed by atoms with Gasteiger partial charge in [-0.25, -0.2) is 9.97 Å². The van der Waals surface area contributed by atoms with Crippen LogP contribution < -0.4 is 10.2 Å². The molecule has 0 saturated carbocycles. The number of nitrogens with one attached hydrogen (secondary N) is 2. The number of pyridine rings is 1. The van der Waals surface area contributed by atoms with E-state index in [0.717, 1.165) is 34.0 Å². The van der Waals surface area contributed by atoms with Crippen molar-refractivity contribution >= 4 is 40.2 Å². The third-order valence-electron chi connectivity index (χ3n) is 3.92. The number of alkyl halides is 1. The molecule has 0 radical (unpaired) electrons. The molecule has 0 atom stereocenters. The normalized spacial score (nSPS) is 13.4. The van der Waals surface area contributed by atoms with Crippen LogP contribution in [0.15, 0.2) is 30.6 Å². The van der Waals surface area contributed by atoms with Gasteiger partial charge in [0.15, 0.2) is 17.5 Å². The van der Waals surface area contributed by atoms with E-state index in [0.29, 0.717) is 12.4 Å². The molecule has 0 bridgehead atoms. The average molecular weight is 449 g/mol.